The molecule has 0 aliphatic carbocycles. The number of nitrogens with one attached hydrogen (secondary N) is 1. The lowest BCUT2D eigenvalue weighted by Crippen LogP contribution is -2.13. The van der Waals surface area contributed by atoms with Gasteiger partial charge in [-0.15, -0.1) is 0 Å². The van der Waals surface area contributed by atoms with Crippen LogP contribution in [0.15, 0.2) is 115 Å². The van der Waals surface area contributed by atoms with Crippen molar-refractivity contribution in [2.24, 2.45) is 0 Å². The molecule has 0 spiro atoms. The summed E-state index contributed by atoms with van der Waals surface area (Å²) in [6.07, 6.45) is 1.56. The molecule has 0 aromatic heterocycles. The van der Waals surface area contributed by atoms with Gasteiger partial charge in [-0.3, -0.25) is 4.79 Å². The molecular weight excluding hydrogens is 508 g/mol. The summed E-state index contributed by atoms with van der Waals surface area (Å²) in [7, 11) is 0. The highest BCUT2D eigenvalue weighted by atomic mass is 16.5. The van der Waals surface area contributed by atoms with E-state index in [1.807, 2.05) is 73.7 Å². The number of hydrogen-bond acceptors (Lipinski definition) is 4. The number of carbonyl (C=O) groups is 1. The third-order valence-electron chi connectivity index (χ3n) is 6.87. The number of nitriles is 1. The fourth-order valence-corrected chi connectivity index (χ4v) is 4.51. The van der Waals surface area contributed by atoms with Crippen LogP contribution in [0, 0.1) is 25.2 Å². The summed E-state index contributed by atoms with van der Waals surface area (Å²) in [5.74, 6) is 0.781. The molecule has 0 unspecified atom stereocenters. The van der Waals surface area contributed by atoms with E-state index in [4.69, 9.17) is 9.47 Å². The van der Waals surface area contributed by atoms with Crippen molar-refractivity contribution in [2.45, 2.75) is 27.1 Å². The Bertz CT molecular complexity index is 1750. The van der Waals surface area contributed by atoms with Crippen LogP contribution in [0.3, 0.4) is 0 Å². The van der Waals surface area contributed by atoms with Crippen LogP contribution in [0.25, 0.3) is 16.8 Å². The second kappa shape index (κ2) is 12.7. The molecule has 202 valence electrons. The minimum Gasteiger partial charge on any atom is -0.489 e. The van der Waals surface area contributed by atoms with Gasteiger partial charge in [0.05, 0.1) is 0 Å². The highest BCUT2D eigenvalue weighted by Gasteiger charge is 2.13. The summed E-state index contributed by atoms with van der Waals surface area (Å²) in [5, 5.41) is 14.9. The second-order valence-electron chi connectivity index (χ2n) is 9.83. The first-order valence-electron chi connectivity index (χ1n) is 13.4. The summed E-state index contributed by atoms with van der Waals surface area (Å²) >= 11 is 0. The van der Waals surface area contributed by atoms with Crippen molar-refractivity contribution >= 4 is 28.4 Å². The number of fused-ring (bicyclic) bond motifs is 1. The number of nitrogens with zero attached hydrogens (tertiary/aromatic N) is 1. The van der Waals surface area contributed by atoms with Crippen LogP contribution in [0.5, 0.6) is 11.5 Å². The van der Waals surface area contributed by atoms with Crippen LogP contribution in [0.1, 0.15) is 27.8 Å². The molecule has 0 bridgehead atoms. The van der Waals surface area contributed by atoms with Gasteiger partial charge >= 0.3 is 0 Å². The SMILES string of the molecule is Cc1ccc(COc2ccc(NC(=O)/C(C#N)=C/c3ccccc3OCc3c(C)ccc4ccccc34)cc2)cc1. The number of anilines is 1. The predicted molar refractivity (Wildman–Crippen MR) is 164 cm³/mol. The van der Waals surface area contributed by atoms with Gasteiger partial charge in [-0.2, -0.15) is 5.26 Å². The lowest BCUT2D eigenvalue weighted by molar-refractivity contribution is -0.112. The van der Waals surface area contributed by atoms with E-state index in [1.165, 1.54) is 5.56 Å². The highest BCUT2D eigenvalue weighted by molar-refractivity contribution is 6.09. The van der Waals surface area contributed by atoms with Gasteiger partial charge in [0.1, 0.15) is 36.4 Å². The smallest absolute Gasteiger partial charge is 0.266 e. The van der Waals surface area contributed by atoms with Gasteiger partial charge in [0.25, 0.3) is 5.91 Å². The van der Waals surface area contributed by atoms with E-state index < -0.39 is 5.91 Å². The highest BCUT2D eigenvalue weighted by Crippen LogP contribution is 2.27. The zero-order chi connectivity index (χ0) is 28.6. The van der Waals surface area contributed by atoms with E-state index in [0.717, 1.165) is 27.5 Å². The zero-order valence-corrected chi connectivity index (χ0v) is 23.1. The van der Waals surface area contributed by atoms with Crippen molar-refractivity contribution in [2.75, 3.05) is 5.32 Å². The minimum absolute atomic E-state index is 0.0258. The summed E-state index contributed by atoms with van der Waals surface area (Å²) in [5.41, 5.74) is 5.71. The maximum Gasteiger partial charge on any atom is 0.266 e. The first-order chi connectivity index (χ1) is 20.0. The molecule has 41 heavy (non-hydrogen) atoms. The number of amides is 1. The monoisotopic (exact) mass is 538 g/mol. The quantitative estimate of drug-likeness (QED) is 0.152. The Balaban J connectivity index is 1.26. The first-order valence-corrected chi connectivity index (χ1v) is 13.4. The van der Waals surface area contributed by atoms with Crippen molar-refractivity contribution in [3.63, 3.8) is 0 Å². The predicted octanol–water partition coefficient (Wildman–Crippen LogP) is 8.16. The Morgan fingerprint density at radius 1 is 0.805 bits per heavy atom. The fraction of sp³-hybridized carbons (Fsp3) is 0.111. The number of benzene rings is 5. The molecule has 5 aromatic carbocycles. The lowest BCUT2D eigenvalue weighted by atomic mass is 10.0. The molecule has 5 nitrogen and oxygen atoms in total. The van der Waals surface area contributed by atoms with Crippen molar-refractivity contribution in [3.05, 3.63) is 143 Å². The normalized spacial score (nSPS) is 11.1. The van der Waals surface area contributed by atoms with Gasteiger partial charge in [-0.25, -0.2) is 0 Å². The molecule has 0 aliphatic rings. The lowest BCUT2D eigenvalue weighted by Gasteiger charge is -2.14. The van der Waals surface area contributed by atoms with Crippen LogP contribution < -0.4 is 14.8 Å². The molecule has 5 aromatic rings. The van der Waals surface area contributed by atoms with E-state index in [-0.39, 0.29) is 5.57 Å². The van der Waals surface area contributed by atoms with Crippen LogP contribution in [-0.4, -0.2) is 5.91 Å². The average molecular weight is 539 g/mol. The van der Waals surface area contributed by atoms with Crippen LogP contribution in [-0.2, 0) is 18.0 Å². The van der Waals surface area contributed by atoms with Crippen molar-refractivity contribution in [3.8, 4) is 17.6 Å². The number of rotatable bonds is 9. The summed E-state index contributed by atoms with van der Waals surface area (Å²) in [6, 6.07) is 37.1. The van der Waals surface area contributed by atoms with E-state index in [9.17, 15) is 10.1 Å². The maximum atomic E-state index is 13.0. The van der Waals surface area contributed by atoms with Gasteiger partial charge in [0, 0.05) is 16.8 Å². The molecule has 1 N–H and O–H groups in total. The molecule has 0 aliphatic heterocycles. The Labute approximate surface area is 240 Å². The third kappa shape index (κ3) is 6.81. The van der Waals surface area contributed by atoms with Gasteiger partial charge in [0.2, 0.25) is 0 Å². The zero-order valence-electron chi connectivity index (χ0n) is 23.1. The number of carbonyl (C=O) groups excluding carboxylic acids is 1. The largest absolute Gasteiger partial charge is 0.489 e. The standard InChI is InChI=1S/C36H30N2O3/c1-25-11-14-27(15-12-25)23-40-32-19-17-31(18-20-32)38-36(39)30(22-37)21-29-8-4-6-10-35(29)41-24-34-26(2)13-16-28-7-3-5-9-33(28)34/h3-21H,23-24H2,1-2H3,(H,38,39)/b30-21+. The van der Waals surface area contributed by atoms with E-state index >= 15 is 0 Å². The Morgan fingerprint density at radius 3 is 2.32 bits per heavy atom. The molecule has 0 heterocycles. The van der Waals surface area contributed by atoms with Gasteiger partial charge in [-0.05, 0) is 72.2 Å². The molecule has 0 fully saturated rings. The molecule has 0 saturated heterocycles. The molecule has 1 amide bonds. The second-order valence-corrected chi connectivity index (χ2v) is 9.83. The molecule has 0 atom stereocenters. The molecular formula is C36H30N2O3. The topological polar surface area (TPSA) is 71.3 Å². The van der Waals surface area contributed by atoms with Crippen LogP contribution in [0.4, 0.5) is 5.69 Å². The summed E-state index contributed by atoms with van der Waals surface area (Å²) in [6.45, 7) is 4.93. The van der Waals surface area contributed by atoms with Gasteiger partial charge < -0.3 is 14.8 Å². The van der Waals surface area contributed by atoms with Gasteiger partial charge in [0.15, 0.2) is 0 Å². The van der Waals surface area contributed by atoms with Gasteiger partial charge in [-0.1, -0.05) is 84.4 Å². The van der Waals surface area contributed by atoms with E-state index in [0.29, 0.717) is 36.0 Å². The van der Waals surface area contributed by atoms with Crippen LogP contribution in [0.2, 0.25) is 0 Å². The average Bonchev–Trinajstić information content (AvgIpc) is 3.00. The Morgan fingerprint density at radius 2 is 1.54 bits per heavy atom. The van der Waals surface area contributed by atoms with Crippen molar-refractivity contribution in [1.82, 2.24) is 0 Å². The molecule has 0 saturated carbocycles. The summed E-state index contributed by atoms with van der Waals surface area (Å²) in [4.78, 5) is 13.0. The Kier molecular flexibility index (Phi) is 8.42. The number of para-hydroxylation sites is 1. The maximum absolute atomic E-state index is 13.0. The van der Waals surface area contributed by atoms with Crippen LogP contribution >= 0.6 is 0 Å². The minimum atomic E-state index is -0.500. The fourth-order valence-electron chi connectivity index (χ4n) is 4.51. The molecule has 5 heteroatoms. The number of aryl methyl sites for hydroxylation is 2. The van der Waals surface area contributed by atoms with E-state index in [1.54, 1.807) is 30.3 Å². The van der Waals surface area contributed by atoms with Crippen molar-refractivity contribution < 1.29 is 14.3 Å². The molecule has 5 rings (SSSR count). The third-order valence-corrected chi connectivity index (χ3v) is 6.87. The Hall–Kier alpha value is -5.34. The summed E-state index contributed by atoms with van der Waals surface area (Å²) < 4.78 is 12.1. The number of hydrogen-bond donors (Lipinski definition) is 1. The molecule has 0 radical (unpaired) electrons. The van der Waals surface area contributed by atoms with Crippen molar-refractivity contribution in [1.29, 1.82) is 5.26 Å². The first kappa shape index (κ1) is 27.2. The van der Waals surface area contributed by atoms with E-state index in [2.05, 4.69) is 36.5 Å². The number of ether oxygens (including phenoxy) is 2.